The summed E-state index contributed by atoms with van der Waals surface area (Å²) in [4.78, 5) is 1.27. The molecule has 0 atom stereocenters. The number of fused-ring (bicyclic) bond motifs is 1. The molecule has 1 heterocycles. The maximum absolute atomic E-state index is 5.30. The molecule has 2 aromatic carbocycles. The molecule has 20 heavy (non-hydrogen) atoms. The normalized spacial score (nSPS) is 11.3. The van der Waals surface area contributed by atoms with Crippen molar-refractivity contribution >= 4 is 33.6 Å². The van der Waals surface area contributed by atoms with Crippen LogP contribution in [0.2, 0.25) is 0 Å². The number of rotatable bonds is 3. The second kappa shape index (κ2) is 5.51. The zero-order valence-corrected chi connectivity index (χ0v) is 12.4. The number of thiophene rings is 1. The fourth-order valence-electron chi connectivity index (χ4n) is 2.25. The summed E-state index contributed by atoms with van der Waals surface area (Å²) in [5.74, 6) is 0.904. The molecule has 0 amide bonds. The molecular formula is C18H16OS. The van der Waals surface area contributed by atoms with E-state index < -0.39 is 0 Å². The molecule has 2 heteroatoms. The van der Waals surface area contributed by atoms with Gasteiger partial charge in [0.2, 0.25) is 0 Å². The van der Waals surface area contributed by atoms with Gasteiger partial charge in [0.15, 0.2) is 0 Å². The average molecular weight is 280 g/mol. The third-order valence-electron chi connectivity index (χ3n) is 3.19. The fourth-order valence-corrected chi connectivity index (χ4v) is 3.22. The highest BCUT2D eigenvalue weighted by molar-refractivity contribution is 7.19. The summed E-state index contributed by atoms with van der Waals surface area (Å²) in [5, 5.41) is 1.30. The lowest BCUT2D eigenvalue weighted by atomic mass is 10.1. The predicted molar refractivity (Wildman–Crippen MR) is 88.5 cm³/mol. The molecule has 0 fully saturated rings. The van der Waals surface area contributed by atoms with Crippen LogP contribution in [0.15, 0.2) is 48.5 Å². The molecule has 0 spiro atoms. The standard InChI is InChI=1S/C18H16OS/c1-13-9-14(11-16(10-13)19-2)7-8-17-12-15-5-3-4-6-18(15)20-17/h3-12H,1-2H3/b8-7+. The lowest BCUT2D eigenvalue weighted by Crippen LogP contribution is -1.85. The lowest BCUT2D eigenvalue weighted by molar-refractivity contribution is 0.414. The Morgan fingerprint density at radius 2 is 1.85 bits per heavy atom. The van der Waals surface area contributed by atoms with Crippen molar-refractivity contribution in [1.82, 2.24) is 0 Å². The van der Waals surface area contributed by atoms with Crippen molar-refractivity contribution in [2.75, 3.05) is 7.11 Å². The van der Waals surface area contributed by atoms with Crippen LogP contribution in [0, 0.1) is 6.92 Å². The van der Waals surface area contributed by atoms with Crippen LogP contribution in [0.3, 0.4) is 0 Å². The minimum atomic E-state index is 0.904. The van der Waals surface area contributed by atoms with Crippen LogP contribution in [-0.2, 0) is 0 Å². The highest BCUT2D eigenvalue weighted by atomic mass is 32.1. The third kappa shape index (κ3) is 2.75. The van der Waals surface area contributed by atoms with Crippen LogP contribution in [0.1, 0.15) is 16.0 Å². The largest absolute Gasteiger partial charge is 0.497 e. The summed E-state index contributed by atoms with van der Waals surface area (Å²) in [7, 11) is 1.70. The van der Waals surface area contributed by atoms with E-state index in [0.29, 0.717) is 0 Å². The molecular weight excluding hydrogens is 264 g/mol. The number of aryl methyl sites for hydroxylation is 1. The smallest absolute Gasteiger partial charge is 0.119 e. The van der Waals surface area contributed by atoms with Crippen molar-refractivity contribution in [2.45, 2.75) is 6.92 Å². The molecule has 1 aromatic heterocycles. The summed E-state index contributed by atoms with van der Waals surface area (Å²) in [6.07, 6.45) is 4.30. The first-order chi connectivity index (χ1) is 9.74. The molecule has 0 saturated carbocycles. The molecule has 0 aliphatic heterocycles. The van der Waals surface area contributed by atoms with Crippen LogP contribution in [0.4, 0.5) is 0 Å². The van der Waals surface area contributed by atoms with E-state index in [4.69, 9.17) is 4.74 Å². The van der Waals surface area contributed by atoms with Gasteiger partial charge in [0.05, 0.1) is 7.11 Å². The van der Waals surface area contributed by atoms with Gasteiger partial charge in [-0.05, 0) is 53.8 Å². The Labute approximate surface area is 123 Å². The second-order valence-electron chi connectivity index (χ2n) is 4.80. The summed E-state index contributed by atoms with van der Waals surface area (Å²) >= 11 is 1.81. The monoisotopic (exact) mass is 280 g/mol. The highest BCUT2D eigenvalue weighted by Gasteiger charge is 1.99. The van der Waals surface area contributed by atoms with E-state index in [2.05, 4.69) is 61.5 Å². The van der Waals surface area contributed by atoms with E-state index in [0.717, 1.165) is 5.75 Å². The van der Waals surface area contributed by atoms with Gasteiger partial charge >= 0.3 is 0 Å². The van der Waals surface area contributed by atoms with Crippen LogP contribution in [0.5, 0.6) is 5.75 Å². The van der Waals surface area contributed by atoms with Gasteiger partial charge in [-0.25, -0.2) is 0 Å². The van der Waals surface area contributed by atoms with Gasteiger partial charge in [-0.2, -0.15) is 0 Å². The summed E-state index contributed by atoms with van der Waals surface area (Å²) < 4.78 is 6.63. The SMILES string of the molecule is COc1cc(C)cc(/C=C/c2cc3ccccc3s2)c1. The molecule has 0 unspecified atom stereocenters. The van der Waals surface area contributed by atoms with E-state index in [-0.39, 0.29) is 0 Å². The van der Waals surface area contributed by atoms with E-state index in [9.17, 15) is 0 Å². The van der Waals surface area contributed by atoms with Gasteiger partial charge in [-0.15, -0.1) is 11.3 Å². The van der Waals surface area contributed by atoms with Crippen molar-refractivity contribution in [1.29, 1.82) is 0 Å². The average Bonchev–Trinajstić information content (AvgIpc) is 2.87. The lowest BCUT2D eigenvalue weighted by Gasteiger charge is -2.03. The zero-order chi connectivity index (χ0) is 13.9. The molecule has 0 radical (unpaired) electrons. The van der Waals surface area contributed by atoms with E-state index >= 15 is 0 Å². The molecule has 0 aliphatic rings. The summed E-state index contributed by atoms with van der Waals surface area (Å²) in [6, 6.07) is 16.9. The number of hydrogen-bond acceptors (Lipinski definition) is 2. The minimum absolute atomic E-state index is 0.904. The minimum Gasteiger partial charge on any atom is -0.497 e. The predicted octanol–water partition coefficient (Wildman–Crippen LogP) is 5.39. The van der Waals surface area contributed by atoms with Crippen molar-refractivity contribution in [2.24, 2.45) is 0 Å². The van der Waals surface area contributed by atoms with Crippen molar-refractivity contribution in [3.8, 4) is 5.75 Å². The Hall–Kier alpha value is -2.06. The van der Waals surface area contributed by atoms with Gasteiger partial charge in [0.25, 0.3) is 0 Å². The van der Waals surface area contributed by atoms with Crippen LogP contribution < -0.4 is 4.74 Å². The van der Waals surface area contributed by atoms with E-state index in [1.54, 1.807) is 7.11 Å². The van der Waals surface area contributed by atoms with Crippen LogP contribution >= 0.6 is 11.3 Å². The molecule has 0 saturated heterocycles. The number of methoxy groups -OCH3 is 1. The molecule has 3 rings (SSSR count). The fraction of sp³-hybridized carbons (Fsp3) is 0.111. The van der Waals surface area contributed by atoms with Gasteiger partial charge in [0, 0.05) is 9.58 Å². The maximum Gasteiger partial charge on any atom is 0.119 e. The van der Waals surface area contributed by atoms with Crippen LogP contribution in [0.25, 0.3) is 22.2 Å². The topological polar surface area (TPSA) is 9.23 Å². The van der Waals surface area contributed by atoms with Gasteiger partial charge in [-0.1, -0.05) is 30.3 Å². The first-order valence-electron chi connectivity index (χ1n) is 6.57. The number of hydrogen-bond donors (Lipinski definition) is 0. The Morgan fingerprint density at radius 3 is 2.65 bits per heavy atom. The van der Waals surface area contributed by atoms with Crippen molar-refractivity contribution < 1.29 is 4.74 Å². The summed E-state index contributed by atoms with van der Waals surface area (Å²) in [5.41, 5.74) is 2.37. The molecule has 1 nitrogen and oxygen atoms in total. The Morgan fingerprint density at radius 1 is 1.00 bits per heavy atom. The van der Waals surface area contributed by atoms with Crippen molar-refractivity contribution in [3.05, 3.63) is 64.5 Å². The Bertz CT molecular complexity index is 735. The van der Waals surface area contributed by atoms with E-state index in [1.165, 1.54) is 26.1 Å². The van der Waals surface area contributed by atoms with Crippen molar-refractivity contribution in [3.63, 3.8) is 0 Å². The zero-order valence-electron chi connectivity index (χ0n) is 11.6. The number of ether oxygens (including phenoxy) is 1. The maximum atomic E-state index is 5.30. The Balaban J connectivity index is 1.91. The van der Waals surface area contributed by atoms with Gasteiger partial charge in [-0.3, -0.25) is 0 Å². The highest BCUT2D eigenvalue weighted by Crippen LogP contribution is 2.27. The molecule has 0 N–H and O–H groups in total. The molecule has 100 valence electrons. The Kier molecular flexibility index (Phi) is 3.57. The first-order valence-corrected chi connectivity index (χ1v) is 7.38. The van der Waals surface area contributed by atoms with E-state index in [1.807, 2.05) is 17.4 Å². The third-order valence-corrected chi connectivity index (χ3v) is 4.27. The second-order valence-corrected chi connectivity index (χ2v) is 5.92. The molecule has 3 aromatic rings. The van der Waals surface area contributed by atoms with Gasteiger partial charge < -0.3 is 4.74 Å². The van der Waals surface area contributed by atoms with Crippen LogP contribution in [-0.4, -0.2) is 7.11 Å². The van der Waals surface area contributed by atoms with Gasteiger partial charge in [0.1, 0.15) is 5.75 Å². The molecule has 0 bridgehead atoms. The summed E-state index contributed by atoms with van der Waals surface area (Å²) in [6.45, 7) is 2.08. The molecule has 0 aliphatic carbocycles. The quantitative estimate of drug-likeness (QED) is 0.625. The first kappa shape index (κ1) is 12.9. The number of benzene rings is 2.